The van der Waals surface area contributed by atoms with Crippen LogP contribution in [0.1, 0.15) is 9.67 Å². The molecular weight excluding hydrogens is 386 g/mol. The Morgan fingerprint density at radius 1 is 1.11 bits per heavy atom. The Balaban J connectivity index is 1.32. The zero-order valence-electron chi connectivity index (χ0n) is 14.9. The van der Waals surface area contributed by atoms with Crippen LogP contribution in [0.5, 0.6) is 5.75 Å². The minimum absolute atomic E-state index is 0.0381. The molecule has 1 saturated heterocycles. The van der Waals surface area contributed by atoms with Crippen molar-refractivity contribution < 1.29 is 14.3 Å². The van der Waals surface area contributed by atoms with Crippen LogP contribution in [0, 0.1) is 0 Å². The summed E-state index contributed by atoms with van der Waals surface area (Å²) in [7, 11) is 0. The smallest absolute Gasteiger partial charge is 0.261 e. The summed E-state index contributed by atoms with van der Waals surface area (Å²) in [5.74, 6) is 0.558. The normalized spacial score (nSPS) is 14.8. The van der Waals surface area contributed by atoms with Crippen LogP contribution < -0.4 is 10.1 Å². The number of carbonyl (C=O) groups is 2. The zero-order valence-corrected chi connectivity index (χ0v) is 16.5. The largest absolute Gasteiger partial charge is 0.492 e. The van der Waals surface area contributed by atoms with E-state index < -0.39 is 0 Å². The van der Waals surface area contributed by atoms with E-state index in [1.165, 1.54) is 11.3 Å². The fourth-order valence-electron chi connectivity index (χ4n) is 2.81. The van der Waals surface area contributed by atoms with Crippen LogP contribution >= 0.6 is 22.9 Å². The summed E-state index contributed by atoms with van der Waals surface area (Å²) in [6.07, 6.45) is 0. The van der Waals surface area contributed by atoms with Crippen molar-refractivity contribution in [2.75, 3.05) is 45.9 Å². The second-order valence-corrected chi connectivity index (χ2v) is 7.57. The van der Waals surface area contributed by atoms with Gasteiger partial charge in [-0.2, -0.15) is 0 Å². The molecule has 1 N–H and O–H groups in total. The number of halogens is 1. The number of benzene rings is 1. The molecule has 27 heavy (non-hydrogen) atoms. The second-order valence-electron chi connectivity index (χ2n) is 6.18. The number of thiophene rings is 1. The van der Waals surface area contributed by atoms with Gasteiger partial charge < -0.3 is 15.0 Å². The summed E-state index contributed by atoms with van der Waals surface area (Å²) in [5.41, 5.74) is 0. The van der Waals surface area contributed by atoms with Crippen LogP contribution in [0.25, 0.3) is 0 Å². The number of nitrogens with one attached hydrogen (secondary N) is 1. The minimum Gasteiger partial charge on any atom is -0.492 e. The second kappa shape index (κ2) is 9.73. The Bertz CT molecular complexity index is 744. The van der Waals surface area contributed by atoms with E-state index in [0.29, 0.717) is 29.6 Å². The van der Waals surface area contributed by atoms with Crippen molar-refractivity contribution in [1.82, 2.24) is 15.1 Å². The Kier molecular flexibility index (Phi) is 7.09. The Morgan fingerprint density at radius 2 is 1.85 bits per heavy atom. The van der Waals surface area contributed by atoms with Gasteiger partial charge in [-0.15, -0.1) is 11.3 Å². The number of ether oxygens (including phenoxy) is 1. The van der Waals surface area contributed by atoms with Crippen molar-refractivity contribution in [3.63, 3.8) is 0 Å². The van der Waals surface area contributed by atoms with Crippen LogP contribution in [0.15, 0.2) is 41.8 Å². The average Bonchev–Trinajstić information content (AvgIpc) is 3.23. The number of carbonyl (C=O) groups excluding carboxylic acids is 2. The molecule has 2 heterocycles. The summed E-state index contributed by atoms with van der Waals surface area (Å²) in [6.45, 7) is 4.36. The first kappa shape index (κ1) is 19.7. The highest BCUT2D eigenvalue weighted by atomic mass is 35.5. The van der Waals surface area contributed by atoms with Gasteiger partial charge in [0.2, 0.25) is 5.91 Å². The van der Waals surface area contributed by atoms with Gasteiger partial charge in [0.1, 0.15) is 12.4 Å². The Morgan fingerprint density at radius 3 is 2.52 bits per heavy atom. The van der Waals surface area contributed by atoms with Crippen molar-refractivity contribution in [3.05, 3.63) is 51.7 Å². The van der Waals surface area contributed by atoms with Crippen LogP contribution in [-0.2, 0) is 4.79 Å². The first-order valence-electron chi connectivity index (χ1n) is 8.82. The summed E-state index contributed by atoms with van der Waals surface area (Å²) >= 11 is 7.22. The number of nitrogens with zero attached hydrogens (tertiary/aromatic N) is 2. The molecule has 1 fully saturated rings. The molecule has 0 spiro atoms. The molecule has 144 valence electrons. The predicted molar refractivity (Wildman–Crippen MR) is 107 cm³/mol. The van der Waals surface area contributed by atoms with Crippen molar-refractivity contribution in [2.45, 2.75) is 0 Å². The molecule has 1 aliphatic rings. The molecule has 1 aliphatic heterocycles. The van der Waals surface area contributed by atoms with Gasteiger partial charge in [-0.25, -0.2) is 0 Å². The van der Waals surface area contributed by atoms with E-state index >= 15 is 0 Å². The average molecular weight is 408 g/mol. The molecule has 0 saturated carbocycles. The molecular formula is C19H22ClN3O3S. The molecule has 8 heteroatoms. The lowest BCUT2D eigenvalue weighted by molar-refractivity contribution is -0.131. The first-order chi connectivity index (χ1) is 13.1. The number of hydrogen-bond donors (Lipinski definition) is 1. The van der Waals surface area contributed by atoms with Crippen LogP contribution in [0.4, 0.5) is 0 Å². The Hall–Kier alpha value is -2.09. The maximum atomic E-state index is 12.3. The van der Waals surface area contributed by atoms with Gasteiger partial charge in [0.15, 0.2) is 0 Å². The van der Waals surface area contributed by atoms with Crippen LogP contribution in [0.3, 0.4) is 0 Å². The molecule has 2 aromatic rings. The lowest BCUT2D eigenvalue weighted by Gasteiger charge is -2.34. The molecule has 0 unspecified atom stereocenters. The monoisotopic (exact) mass is 407 g/mol. The molecule has 3 rings (SSSR count). The van der Waals surface area contributed by atoms with Crippen molar-refractivity contribution in [1.29, 1.82) is 0 Å². The van der Waals surface area contributed by atoms with E-state index in [1.54, 1.807) is 23.1 Å². The highest BCUT2D eigenvalue weighted by Gasteiger charge is 2.21. The van der Waals surface area contributed by atoms with Gasteiger partial charge in [-0.3, -0.25) is 14.5 Å². The number of hydrogen-bond acceptors (Lipinski definition) is 5. The lowest BCUT2D eigenvalue weighted by Crippen LogP contribution is -2.51. The number of rotatable bonds is 7. The summed E-state index contributed by atoms with van der Waals surface area (Å²) in [4.78, 5) is 28.8. The van der Waals surface area contributed by atoms with Crippen molar-refractivity contribution in [3.8, 4) is 5.75 Å². The molecule has 0 aliphatic carbocycles. The third-order valence-electron chi connectivity index (χ3n) is 4.36. The van der Waals surface area contributed by atoms with Gasteiger partial charge in [-0.1, -0.05) is 17.7 Å². The maximum Gasteiger partial charge on any atom is 0.261 e. The van der Waals surface area contributed by atoms with Crippen LogP contribution in [-0.4, -0.2) is 67.5 Å². The molecule has 0 radical (unpaired) electrons. The lowest BCUT2D eigenvalue weighted by atomic mass is 10.3. The fourth-order valence-corrected chi connectivity index (χ4v) is 3.57. The molecule has 0 atom stereocenters. The van der Waals surface area contributed by atoms with E-state index in [9.17, 15) is 9.59 Å². The maximum absolute atomic E-state index is 12.3. The van der Waals surface area contributed by atoms with Gasteiger partial charge >= 0.3 is 0 Å². The number of amides is 2. The summed E-state index contributed by atoms with van der Waals surface area (Å²) < 4.78 is 5.71. The topological polar surface area (TPSA) is 61.9 Å². The zero-order chi connectivity index (χ0) is 19.1. The highest BCUT2D eigenvalue weighted by Crippen LogP contribution is 2.15. The standard InChI is InChI=1S/C19H22ClN3O3S/c20-15-3-5-16(6-4-15)26-12-11-22-7-9-23(10-8-22)18(24)14-21-19(25)17-2-1-13-27-17/h1-6,13H,7-12,14H2,(H,21,25). The highest BCUT2D eigenvalue weighted by molar-refractivity contribution is 7.12. The molecule has 0 bridgehead atoms. The third kappa shape index (κ3) is 5.95. The first-order valence-corrected chi connectivity index (χ1v) is 10.1. The predicted octanol–water partition coefficient (Wildman–Crippen LogP) is 2.35. The van der Waals surface area contributed by atoms with Gasteiger partial charge in [0.25, 0.3) is 5.91 Å². The van der Waals surface area contributed by atoms with E-state index in [-0.39, 0.29) is 18.4 Å². The van der Waals surface area contributed by atoms with Crippen molar-refractivity contribution in [2.24, 2.45) is 0 Å². The minimum atomic E-state index is -0.198. The van der Waals surface area contributed by atoms with E-state index in [4.69, 9.17) is 16.3 Å². The van der Waals surface area contributed by atoms with E-state index in [1.807, 2.05) is 23.6 Å². The molecule has 6 nitrogen and oxygen atoms in total. The van der Waals surface area contributed by atoms with Crippen LogP contribution in [0.2, 0.25) is 5.02 Å². The fraction of sp³-hybridized carbons (Fsp3) is 0.368. The molecule has 1 aromatic carbocycles. The quantitative estimate of drug-likeness (QED) is 0.765. The number of piperazine rings is 1. The molecule has 1 aromatic heterocycles. The van der Waals surface area contributed by atoms with E-state index in [0.717, 1.165) is 25.4 Å². The summed E-state index contributed by atoms with van der Waals surface area (Å²) in [5, 5.41) is 5.22. The van der Waals surface area contributed by atoms with Gasteiger partial charge in [0, 0.05) is 37.7 Å². The van der Waals surface area contributed by atoms with Crippen molar-refractivity contribution >= 4 is 34.8 Å². The van der Waals surface area contributed by atoms with Gasteiger partial charge in [0.05, 0.1) is 11.4 Å². The summed E-state index contributed by atoms with van der Waals surface area (Å²) in [6, 6.07) is 10.9. The SMILES string of the molecule is O=C(NCC(=O)N1CCN(CCOc2ccc(Cl)cc2)CC1)c1cccs1. The van der Waals surface area contributed by atoms with Gasteiger partial charge in [-0.05, 0) is 35.7 Å². The van der Waals surface area contributed by atoms with E-state index in [2.05, 4.69) is 10.2 Å². The molecule has 2 amide bonds. The third-order valence-corrected chi connectivity index (χ3v) is 5.48. The Labute approximate surface area is 167 Å².